The van der Waals surface area contributed by atoms with E-state index in [-0.39, 0.29) is 5.91 Å². The van der Waals surface area contributed by atoms with E-state index in [1.807, 2.05) is 66.7 Å². The second-order valence-corrected chi connectivity index (χ2v) is 9.08. The van der Waals surface area contributed by atoms with Crippen LogP contribution in [0.4, 0.5) is 0 Å². The summed E-state index contributed by atoms with van der Waals surface area (Å²) in [6.45, 7) is 2.52. The average Bonchev–Trinajstić information content (AvgIpc) is 3.39. The molecule has 0 fully saturated rings. The van der Waals surface area contributed by atoms with E-state index in [1.165, 1.54) is 5.56 Å². The zero-order valence-electron chi connectivity index (χ0n) is 19.3. The molecule has 0 aliphatic heterocycles. The number of benzene rings is 4. The van der Waals surface area contributed by atoms with Gasteiger partial charge < -0.3 is 10.1 Å². The number of nitrogens with one attached hydrogen (secondary N) is 1. The van der Waals surface area contributed by atoms with Crippen LogP contribution in [0, 0.1) is 6.92 Å². The molecule has 4 nitrogen and oxygen atoms in total. The molecule has 0 saturated heterocycles. The van der Waals surface area contributed by atoms with Crippen molar-refractivity contribution in [2.45, 2.75) is 13.5 Å². The molecule has 5 aromatic rings. The quantitative estimate of drug-likeness (QED) is 0.264. The van der Waals surface area contributed by atoms with Crippen LogP contribution in [0.3, 0.4) is 0 Å². The van der Waals surface area contributed by atoms with Crippen molar-refractivity contribution in [3.63, 3.8) is 0 Å². The van der Waals surface area contributed by atoms with Crippen LogP contribution < -0.4 is 10.1 Å². The van der Waals surface area contributed by atoms with E-state index in [4.69, 9.17) is 9.72 Å². The van der Waals surface area contributed by atoms with Crippen molar-refractivity contribution >= 4 is 17.2 Å². The van der Waals surface area contributed by atoms with Crippen molar-refractivity contribution in [3.05, 3.63) is 125 Å². The lowest BCUT2D eigenvalue weighted by Gasteiger charge is -2.09. The third-order valence-corrected chi connectivity index (χ3v) is 6.47. The van der Waals surface area contributed by atoms with Crippen LogP contribution in [0.15, 0.2) is 109 Å². The predicted molar refractivity (Wildman–Crippen MR) is 142 cm³/mol. The van der Waals surface area contributed by atoms with Gasteiger partial charge in [0.25, 0.3) is 5.91 Å². The molecule has 0 aliphatic rings. The number of para-hydroxylation sites is 1. The number of aromatic nitrogens is 1. The highest BCUT2D eigenvalue weighted by atomic mass is 32.1. The molecule has 35 heavy (non-hydrogen) atoms. The number of carbonyl (C=O) groups excluding carboxylic acids is 1. The third-order valence-electron chi connectivity index (χ3n) is 5.58. The summed E-state index contributed by atoms with van der Waals surface area (Å²) >= 11 is 1.63. The fourth-order valence-corrected chi connectivity index (χ4v) is 4.47. The number of amides is 1. The van der Waals surface area contributed by atoms with E-state index in [0.29, 0.717) is 17.9 Å². The van der Waals surface area contributed by atoms with Gasteiger partial charge in [0.2, 0.25) is 0 Å². The second kappa shape index (κ2) is 10.4. The predicted octanol–water partition coefficient (Wildman–Crippen LogP) is 7.51. The Morgan fingerprint density at radius 2 is 1.54 bits per heavy atom. The van der Waals surface area contributed by atoms with E-state index >= 15 is 0 Å². The molecule has 0 saturated carbocycles. The lowest BCUT2D eigenvalue weighted by Crippen LogP contribution is -2.22. The molecule has 0 aliphatic carbocycles. The maximum absolute atomic E-state index is 12.7. The minimum absolute atomic E-state index is 0.143. The maximum Gasteiger partial charge on any atom is 0.251 e. The number of aryl methyl sites for hydroxylation is 1. The number of thiazole rings is 1. The molecule has 1 heterocycles. The highest BCUT2D eigenvalue weighted by molar-refractivity contribution is 7.13. The molecule has 1 aromatic heterocycles. The third kappa shape index (κ3) is 5.65. The zero-order valence-corrected chi connectivity index (χ0v) is 20.1. The Hall–Kier alpha value is -4.22. The van der Waals surface area contributed by atoms with Crippen molar-refractivity contribution in [1.82, 2.24) is 10.3 Å². The Morgan fingerprint density at radius 1 is 0.829 bits per heavy atom. The highest BCUT2D eigenvalue weighted by Crippen LogP contribution is 2.29. The molecule has 0 radical (unpaired) electrons. The Labute approximate surface area is 208 Å². The van der Waals surface area contributed by atoms with Crippen molar-refractivity contribution < 1.29 is 9.53 Å². The van der Waals surface area contributed by atoms with Gasteiger partial charge in [-0.15, -0.1) is 11.3 Å². The van der Waals surface area contributed by atoms with Gasteiger partial charge in [-0.3, -0.25) is 4.79 Å². The Bertz CT molecular complexity index is 1430. The molecular formula is C30H24N2O2S. The average molecular weight is 477 g/mol. The number of ether oxygens (including phenoxy) is 1. The molecule has 5 heteroatoms. The summed E-state index contributed by atoms with van der Waals surface area (Å²) in [5.41, 5.74) is 5.99. The number of hydrogen-bond donors (Lipinski definition) is 1. The van der Waals surface area contributed by atoms with Crippen LogP contribution in [0.1, 0.15) is 21.5 Å². The van der Waals surface area contributed by atoms with Gasteiger partial charge in [0, 0.05) is 28.6 Å². The van der Waals surface area contributed by atoms with Crippen LogP contribution in [-0.4, -0.2) is 10.9 Å². The SMILES string of the molecule is Cc1ccc(-c2csc(-c3ccc(CNC(=O)c4cccc(Oc5ccccc5)c4)cc3)n2)cc1. The van der Waals surface area contributed by atoms with Crippen LogP contribution >= 0.6 is 11.3 Å². The number of nitrogens with zero attached hydrogens (tertiary/aromatic N) is 1. The van der Waals surface area contributed by atoms with Gasteiger partial charge in [0.1, 0.15) is 16.5 Å². The fourth-order valence-electron chi connectivity index (χ4n) is 3.64. The molecule has 1 N–H and O–H groups in total. The standard InChI is InChI=1S/C30H24N2O2S/c1-21-10-14-23(15-11-21)28-20-35-30(32-28)24-16-12-22(13-17-24)19-31-29(33)25-6-5-9-27(18-25)34-26-7-3-2-4-8-26/h2-18,20H,19H2,1H3,(H,31,33). The molecule has 0 atom stereocenters. The lowest BCUT2D eigenvalue weighted by molar-refractivity contribution is 0.0950. The van der Waals surface area contributed by atoms with Gasteiger partial charge in [0.05, 0.1) is 5.69 Å². The summed E-state index contributed by atoms with van der Waals surface area (Å²) in [5.74, 6) is 1.22. The minimum Gasteiger partial charge on any atom is -0.457 e. The largest absolute Gasteiger partial charge is 0.457 e. The van der Waals surface area contributed by atoms with E-state index in [1.54, 1.807) is 23.5 Å². The van der Waals surface area contributed by atoms with Crippen LogP contribution in [0.25, 0.3) is 21.8 Å². The van der Waals surface area contributed by atoms with Gasteiger partial charge in [0.15, 0.2) is 0 Å². The van der Waals surface area contributed by atoms with Crippen molar-refractivity contribution in [1.29, 1.82) is 0 Å². The topological polar surface area (TPSA) is 51.2 Å². The van der Waals surface area contributed by atoms with Crippen molar-refractivity contribution in [2.75, 3.05) is 0 Å². The molecule has 0 unspecified atom stereocenters. The van der Waals surface area contributed by atoms with Gasteiger partial charge in [-0.1, -0.05) is 78.4 Å². The second-order valence-electron chi connectivity index (χ2n) is 8.23. The fraction of sp³-hybridized carbons (Fsp3) is 0.0667. The van der Waals surface area contributed by atoms with Crippen LogP contribution in [0.5, 0.6) is 11.5 Å². The Balaban J connectivity index is 1.20. The molecule has 0 bridgehead atoms. The summed E-state index contributed by atoms with van der Waals surface area (Å²) in [6.07, 6.45) is 0. The zero-order chi connectivity index (χ0) is 24.0. The van der Waals surface area contributed by atoms with E-state index < -0.39 is 0 Å². The first-order chi connectivity index (χ1) is 17.1. The molecule has 0 spiro atoms. The van der Waals surface area contributed by atoms with Gasteiger partial charge in [-0.2, -0.15) is 0 Å². The Kier molecular flexibility index (Phi) is 6.68. The molecular weight excluding hydrogens is 452 g/mol. The highest BCUT2D eigenvalue weighted by Gasteiger charge is 2.09. The van der Waals surface area contributed by atoms with E-state index in [2.05, 4.69) is 41.9 Å². The van der Waals surface area contributed by atoms with E-state index in [9.17, 15) is 4.79 Å². The molecule has 1 amide bonds. The first-order valence-corrected chi connectivity index (χ1v) is 12.2. The van der Waals surface area contributed by atoms with Gasteiger partial charge in [-0.05, 0) is 42.8 Å². The van der Waals surface area contributed by atoms with Crippen molar-refractivity contribution in [2.24, 2.45) is 0 Å². The van der Waals surface area contributed by atoms with Gasteiger partial charge in [-0.25, -0.2) is 4.98 Å². The normalized spacial score (nSPS) is 10.7. The van der Waals surface area contributed by atoms with E-state index in [0.717, 1.165) is 33.1 Å². The maximum atomic E-state index is 12.7. The summed E-state index contributed by atoms with van der Waals surface area (Å²) in [5, 5.41) is 6.05. The Morgan fingerprint density at radius 3 is 2.31 bits per heavy atom. The molecule has 5 rings (SSSR count). The number of carbonyl (C=O) groups is 1. The summed E-state index contributed by atoms with van der Waals surface area (Å²) < 4.78 is 5.84. The number of rotatable bonds is 7. The first kappa shape index (κ1) is 22.6. The summed E-state index contributed by atoms with van der Waals surface area (Å²) in [7, 11) is 0. The number of hydrogen-bond acceptors (Lipinski definition) is 4. The monoisotopic (exact) mass is 476 g/mol. The van der Waals surface area contributed by atoms with Gasteiger partial charge >= 0.3 is 0 Å². The first-order valence-electron chi connectivity index (χ1n) is 11.4. The van der Waals surface area contributed by atoms with Crippen LogP contribution in [-0.2, 0) is 6.54 Å². The lowest BCUT2D eigenvalue weighted by atomic mass is 10.1. The molecule has 4 aromatic carbocycles. The molecule has 172 valence electrons. The summed E-state index contributed by atoms with van der Waals surface area (Å²) in [4.78, 5) is 17.5. The minimum atomic E-state index is -0.143. The van der Waals surface area contributed by atoms with Crippen molar-refractivity contribution in [3.8, 4) is 33.3 Å². The smallest absolute Gasteiger partial charge is 0.251 e. The summed E-state index contributed by atoms with van der Waals surface area (Å²) in [6, 6.07) is 33.3. The van der Waals surface area contributed by atoms with Crippen LogP contribution in [0.2, 0.25) is 0 Å².